The summed E-state index contributed by atoms with van der Waals surface area (Å²) in [4.78, 5) is 37.0. The Morgan fingerprint density at radius 3 is 2.44 bits per heavy atom. The number of methoxy groups -OCH3 is 1. The van der Waals surface area contributed by atoms with Gasteiger partial charge in [-0.1, -0.05) is 0 Å². The van der Waals surface area contributed by atoms with Crippen LogP contribution in [0.25, 0.3) is 44.8 Å². The lowest BCUT2D eigenvalue weighted by Crippen LogP contribution is -2.37. The van der Waals surface area contributed by atoms with E-state index in [2.05, 4.69) is 4.57 Å². The van der Waals surface area contributed by atoms with Crippen molar-refractivity contribution < 1.29 is 23.1 Å². The van der Waals surface area contributed by atoms with Crippen LogP contribution in [0, 0.1) is 23.5 Å². The molecule has 2 saturated carbocycles. The van der Waals surface area contributed by atoms with Crippen LogP contribution in [0.2, 0.25) is 0 Å². The number of fused-ring (bicyclic) bond motifs is 4. The highest BCUT2D eigenvalue weighted by molar-refractivity contribution is 6.00. The van der Waals surface area contributed by atoms with Crippen LogP contribution < -0.4 is 10.5 Å². The number of hydrogen-bond acceptors (Lipinski definition) is 5. The van der Waals surface area contributed by atoms with Crippen molar-refractivity contribution in [3.8, 4) is 28.5 Å². The van der Waals surface area contributed by atoms with Crippen molar-refractivity contribution in [1.29, 1.82) is 0 Å². The van der Waals surface area contributed by atoms with Gasteiger partial charge in [-0.05, 0) is 86.4 Å². The number of carbonyl (C=O) groups is 2. The molecule has 5 aromatic rings. The summed E-state index contributed by atoms with van der Waals surface area (Å²) in [5.41, 5.74) is 8.48. The van der Waals surface area contributed by atoms with E-state index in [4.69, 9.17) is 20.4 Å². The summed E-state index contributed by atoms with van der Waals surface area (Å²) in [6, 6.07) is 11.7. The van der Waals surface area contributed by atoms with Gasteiger partial charge in [0.2, 0.25) is 0 Å². The standard InChI is InChI=1S/C34H32F2N6O3/c1-40-30-26(12-21(14-28(30)45-2)34(44)41-16-18-5-7-22(41)9-18)39-33(40)27-13-19-6-8-25(38-32(19)42(27)15-17-3-4-17)20-10-23(35)29(31(37)43)24(36)11-20/h6,8,10-14,17-18,22H,3-5,7,9,15-16H2,1-2H3,(H2,37,43). The maximum atomic E-state index is 14.6. The maximum Gasteiger partial charge on any atom is 0.254 e. The van der Waals surface area contributed by atoms with Crippen molar-refractivity contribution in [1.82, 2.24) is 24.0 Å². The van der Waals surface area contributed by atoms with Crippen molar-refractivity contribution in [3.63, 3.8) is 0 Å². The first-order valence-corrected chi connectivity index (χ1v) is 15.4. The molecule has 3 aliphatic rings. The third-order valence-electron chi connectivity index (χ3n) is 9.77. The van der Waals surface area contributed by atoms with Gasteiger partial charge in [0.25, 0.3) is 11.8 Å². The number of amides is 2. The van der Waals surface area contributed by atoms with Gasteiger partial charge in [-0.3, -0.25) is 9.59 Å². The van der Waals surface area contributed by atoms with E-state index in [9.17, 15) is 18.4 Å². The largest absolute Gasteiger partial charge is 0.494 e. The average molecular weight is 611 g/mol. The number of ether oxygens (including phenoxy) is 1. The van der Waals surface area contributed by atoms with Gasteiger partial charge in [0, 0.05) is 42.7 Å². The number of likely N-dealkylation sites (tertiary alicyclic amines) is 1. The molecule has 2 aliphatic carbocycles. The summed E-state index contributed by atoms with van der Waals surface area (Å²) in [7, 11) is 3.53. The number of piperidine rings is 1. The first-order chi connectivity index (χ1) is 21.7. The summed E-state index contributed by atoms with van der Waals surface area (Å²) in [5, 5.41) is 0.850. The molecule has 2 amide bonds. The van der Waals surface area contributed by atoms with Crippen LogP contribution in [0.1, 0.15) is 52.8 Å². The van der Waals surface area contributed by atoms with Crippen LogP contribution in [0.4, 0.5) is 8.78 Å². The summed E-state index contributed by atoms with van der Waals surface area (Å²) in [6.07, 6.45) is 5.55. The first kappa shape index (κ1) is 27.7. The molecule has 11 heteroatoms. The number of benzene rings is 2. The lowest BCUT2D eigenvalue weighted by molar-refractivity contribution is 0.0703. The van der Waals surface area contributed by atoms with E-state index in [1.165, 1.54) is 6.42 Å². The quantitative estimate of drug-likeness (QED) is 0.255. The van der Waals surface area contributed by atoms with Gasteiger partial charge >= 0.3 is 0 Å². The molecule has 2 unspecified atom stereocenters. The Morgan fingerprint density at radius 1 is 1.02 bits per heavy atom. The number of pyridine rings is 1. The molecule has 8 rings (SSSR count). The normalized spacial score (nSPS) is 19.2. The van der Waals surface area contributed by atoms with E-state index in [1.54, 1.807) is 13.2 Å². The molecule has 230 valence electrons. The smallest absolute Gasteiger partial charge is 0.254 e. The van der Waals surface area contributed by atoms with Crippen molar-refractivity contribution in [2.24, 2.45) is 24.6 Å². The number of aromatic nitrogens is 4. The molecule has 0 radical (unpaired) electrons. The number of nitrogens with two attached hydrogens (primary N) is 1. The van der Waals surface area contributed by atoms with Crippen molar-refractivity contribution in [2.45, 2.75) is 44.7 Å². The highest BCUT2D eigenvalue weighted by Gasteiger charge is 2.40. The second-order valence-corrected chi connectivity index (χ2v) is 12.7. The lowest BCUT2D eigenvalue weighted by Gasteiger charge is -2.27. The third kappa shape index (κ3) is 4.47. The maximum absolute atomic E-state index is 14.6. The third-order valence-corrected chi connectivity index (χ3v) is 9.77. The Morgan fingerprint density at radius 2 is 1.80 bits per heavy atom. The number of halogens is 2. The Balaban J connectivity index is 1.24. The Bertz CT molecular complexity index is 2040. The first-order valence-electron chi connectivity index (χ1n) is 15.4. The number of nitrogens with zero attached hydrogens (tertiary/aromatic N) is 5. The number of aryl methyl sites for hydroxylation is 1. The van der Waals surface area contributed by atoms with Crippen molar-refractivity contribution >= 4 is 33.9 Å². The Kier molecular flexibility index (Phi) is 6.23. The summed E-state index contributed by atoms with van der Waals surface area (Å²) >= 11 is 0. The molecule has 9 nitrogen and oxygen atoms in total. The highest BCUT2D eigenvalue weighted by atomic mass is 19.1. The molecule has 4 heterocycles. The van der Waals surface area contributed by atoms with E-state index >= 15 is 0 Å². The van der Waals surface area contributed by atoms with E-state index in [0.29, 0.717) is 58.4 Å². The van der Waals surface area contributed by atoms with E-state index < -0.39 is 23.1 Å². The zero-order valence-electron chi connectivity index (χ0n) is 25.0. The van der Waals surface area contributed by atoms with Gasteiger partial charge in [0.1, 0.15) is 34.1 Å². The fourth-order valence-corrected chi connectivity index (χ4v) is 7.33. The molecule has 2 bridgehead atoms. The topological polar surface area (TPSA) is 108 Å². The zero-order chi connectivity index (χ0) is 31.1. The van der Waals surface area contributed by atoms with Crippen molar-refractivity contribution in [3.05, 3.63) is 65.2 Å². The molecule has 2 N–H and O–H groups in total. The molecule has 2 aromatic carbocycles. The van der Waals surface area contributed by atoms with E-state index in [1.807, 2.05) is 40.8 Å². The molecule has 3 aromatic heterocycles. The molecule has 45 heavy (non-hydrogen) atoms. The minimum Gasteiger partial charge on any atom is -0.494 e. The predicted octanol–water partition coefficient (Wildman–Crippen LogP) is 5.68. The summed E-state index contributed by atoms with van der Waals surface area (Å²) in [6.45, 7) is 1.52. The van der Waals surface area contributed by atoms with Crippen LogP contribution in [0.5, 0.6) is 5.75 Å². The summed E-state index contributed by atoms with van der Waals surface area (Å²) in [5.74, 6) is -0.854. The molecule has 0 spiro atoms. The summed E-state index contributed by atoms with van der Waals surface area (Å²) < 4.78 is 39.2. The van der Waals surface area contributed by atoms with E-state index in [0.717, 1.165) is 61.0 Å². The van der Waals surface area contributed by atoms with Crippen LogP contribution in [-0.2, 0) is 13.6 Å². The minimum absolute atomic E-state index is 0.0194. The monoisotopic (exact) mass is 610 g/mol. The zero-order valence-corrected chi connectivity index (χ0v) is 25.0. The van der Waals surface area contributed by atoms with Gasteiger partial charge in [0.15, 0.2) is 5.82 Å². The number of hydrogen-bond donors (Lipinski definition) is 1. The fourth-order valence-electron chi connectivity index (χ4n) is 7.33. The lowest BCUT2D eigenvalue weighted by atomic mass is 10.1. The van der Waals surface area contributed by atoms with Crippen molar-refractivity contribution in [2.75, 3.05) is 13.7 Å². The molecule has 1 aliphatic heterocycles. The molecule has 3 fully saturated rings. The van der Waals surface area contributed by atoms with Crippen LogP contribution >= 0.6 is 0 Å². The van der Waals surface area contributed by atoms with Gasteiger partial charge in [-0.2, -0.15) is 0 Å². The number of imidazole rings is 1. The molecular formula is C34H32F2N6O3. The number of primary amides is 1. The fraction of sp³-hybridized carbons (Fsp3) is 0.353. The SMILES string of the molecule is COc1cc(C(=O)N2CC3CCC2C3)cc2nc(-c3cc4ccc(-c5cc(F)c(C(N)=O)c(F)c5)nc4n3CC3CC3)n(C)c12. The van der Waals surface area contributed by atoms with Crippen LogP contribution in [0.15, 0.2) is 42.5 Å². The second-order valence-electron chi connectivity index (χ2n) is 12.7. The minimum atomic E-state index is -1.17. The van der Waals surface area contributed by atoms with Gasteiger partial charge in [-0.15, -0.1) is 0 Å². The molecular weight excluding hydrogens is 578 g/mol. The Hall–Kier alpha value is -4.80. The second kappa shape index (κ2) is 10.1. The number of rotatable bonds is 7. The predicted molar refractivity (Wildman–Crippen MR) is 165 cm³/mol. The van der Waals surface area contributed by atoms with Gasteiger partial charge in [-0.25, -0.2) is 18.7 Å². The van der Waals surface area contributed by atoms with Crippen LogP contribution in [-0.4, -0.2) is 55.5 Å². The number of carbonyl (C=O) groups excluding carboxylic acids is 2. The highest BCUT2D eigenvalue weighted by Crippen LogP contribution is 2.40. The van der Waals surface area contributed by atoms with E-state index in [-0.39, 0.29) is 11.5 Å². The molecule has 2 atom stereocenters. The molecule has 1 saturated heterocycles. The van der Waals surface area contributed by atoms with Gasteiger partial charge in [0.05, 0.1) is 24.0 Å². The van der Waals surface area contributed by atoms with Crippen LogP contribution in [0.3, 0.4) is 0 Å². The Labute approximate surface area is 257 Å². The van der Waals surface area contributed by atoms with Gasteiger partial charge < -0.3 is 24.5 Å². The average Bonchev–Trinajstić information content (AvgIpc) is 3.30.